The lowest BCUT2D eigenvalue weighted by atomic mass is 10.1. The highest BCUT2D eigenvalue weighted by molar-refractivity contribution is 5.95. The van der Waals surface area contributed by atoms with Gasteiger partial charge in [-0.15, -0.1) is 0 Å². The lowest BCUT2D eigenvalue weighted by Gasteiger charge is -2.27. The molecule has 0 aliphatic rings. The predicted octanol–water partition coefficient (Wildman–Crippen LogP) is 1.01. The van der Waals surface area contributed by atoms with Gasteiger partial charge in [-0.25, -0.2) is 4.63 Å². The monoisotopic (exact) mass is 236 g/mol. The van der Waals surface area contributed by atoms with Gasteiger partial charge < -0.3 is 15.7 Å². The maximum Gasteiger partial charge on any atom is 0.160 e. The van der Waals surface area contributed by atoms with Crippen molar-refractivity contribution in [3.63, 3.8) is 0 Å². The molecule has 0 atom stereocenters. The van der Waals surface area contributed by atoms with E-state index in [0.717, 1.165) is 5.69 Å². The zero-order valence-electron chi connectivity index (χ0n) is 10.1. The number of hydrogen-bond acceptors (Lipinski definition) is 6. The average molecular weight is 236 g/mol. The fourth-order valence-corrected chi connectivity index (χ4v) is 1.85. The third-order valence-corrected chi connectivity index (χ3v) is 2.46. The van der Waals surface area contributed by atoms with Gasteiger partial charge in [0.15, 0.2) is 11.0 Å². The van der Waals surface area contributed by atoms with Gasteiger partial charge in [-0.1, -0.05) is 0 Å². The van der Waals surface area contributed by atoms with E-state index in [0.29, 0.717) is 23.3 Å². The van der Waals surface area contributed by atoms with E-state index in [1.54, 1.807) is 19.9 Å². The molecule has 0 fully saturated rings. The van der Waals surface area contributed by atoms with Crippen LogP contribution in [0.1, 0.15) is 13.8 Å². The Bertz CT molecular complexity index is 530. The first-order valence-electron chi connectivity index (χ1n) is 5.33. The van der Waals surface area contributed by atoms with Crippen molar-refractivity contribution in [2.45, 2.75) is 19.4 Å². The Morgan fingerprint density at radius 1 is 1.35 bits per heavy atom. The number of nitrogens with two attached hydrogens (primary N) is 1. The van der Waals surface area contributed by atoms with Crippen LogP contribution in [0.3, 0.4) is 0 Å². The molecule has 0 spiro atoms. The Morgan fingerprint density at radius 2 is 2.00 bits per heavy atom. The van der Waals surface area contributed by atoms with Gasteiger partial charge in [0.25, 0.3) is 0 Å². The molecule has 0 radical (unpaired) electrons. The van der Waals surface area contributed by atoms with Gasteiger partial charge in [0.05, 0.1) is 17.0 Å². The summed E-state index contributed by atoms with van der Waals surface area (Å²) in [5, 5.41) is 17.4. The van der Waals surface area contributed by atoms with Gasteiger partial charge >= 0.3 is 0 Å². The first-order valence-corrected chi connectivity index (χ1v) is 5.33. The highest BCUT2D eigenvalue weighted by atomic mass is 16.6. The number of rotatable bonds is 3. The minimum Gasteiger partial charge on any atom is -0.397 e. The van der Waals surface area contributed by atoms with Crippen LogP contribution in [0.15, 0.2) is 16.8 Å². The number of fused-ring (bicyclic) bond motifs is 1. The number of nitrogen functional groups attached to an aromatic ring is 1. The maximum atomic E-state index is 9.80. The second-order valence-electron chi connectivity index (χ2n) is 4.80. The number of likely N-dealkylation sites (N-methyl/N-ethyl adjacent to an activating group) is 1. The molecule has 0 bridgehead atoms. The van der Waals surface area contributed by atoms with Crippen molar-refractivity contribution in [2.24, 2.45) is 0 Å². The standard InChI is InChI=1S/C11H16N4O2/c1-11(2,16)6-15(3)8-5-4-7(12)9-10(8)14-17-13-9/h4-5,16H,6,12H2,1-3H3. The van der Waals surface area contributed by atoms with Gasteiger partial charge in [-0.05, 0) is 36.3 Å². The molecule has 92 valence electrons. The predicted molar refractivity (Wildman–Crippen MR) is 65.8 cm³/mol. The molecule has 6 nitrogen and oxygen atoms in total. The molecular formula is C11H16N4O2. The van der Waals surface area contributed by atoms with Crippen molar-refractivity contribution in [2.75, 3.05) is 24.2 Å². The summed E-state index contributed by atoms with van der Waals surface area (Å²) in [6.07, 6.45) is 0. The SMILES string of the molecule is CN(CC(C)(C)O)c1ccc(N)c2nonc12. The zero-order valence-corrected chi connectivity index (χ0v) is 10.1. The molecule has 17 heavy (non-hydrogen) atoms. The van der Waals surface area contributed by atoms with E-state index < -0.39 is 5.60 Å². The Balaban J connectivity index is 2.42. The van der Waals surface area contributed by atoms with Crippen LogP contribution < -0.4 is 10.6 Å². The zero-order chi connectivity index (χ0) is 12.6. The molecule has 0 aliphatic carbocycles. The Hall–Kier alpha value is -1.82. The highest BCUT2D eigenvalue weighted by Gasteiger charge is 2.19. The molecule has 0 saturated carbocycles. The number of benzene rings is 1. The number of nitrogens with zero attached hydrogens (tertiary/aromatic N) is 3. The lowest BCUT2D eigenvalue weighted by Crippen LogP contribution is -2.36. The number of hydrogen-bond donors (Lipinski definition) is 2. The second kappa shape index (κ2) is 3.89. The molecule has 6 heteroatoms. The molecule has 2 aromatic rings. The smallest absolute Gasteiger partial charge is 0.160 e. The molecule has 0 unspecified atom stereocenters. The highest BCUT2D eigenvalue weighted by Crippen LogP contribution is 2.28. The molecule has 0 saturated heterocycles. The molecule has 2 rings (SSSR count). The fraction of sp³-hybridized carbons (Fsp3) is 0.455. The molecular weight excluding hydrogens is 220 g/mol. The van der Waals surface area contributed by atoms with Crippen molar-refractivity contribution in [1.29, 1.82) is 0 Å². The number of aromatic nitrogens is 2. The minimum absolute atomic E-state index is 0.471. The summed E-state index contributed by atoms with van der Waals surface area (Å²) in [4.78, 5) is 1.89. The molecule has 1 aromatic heterocycles. The first kappa shape index (κ1) is 11.7. The quantitative estimate of drug-likeness (QED) is 0.773. The van der Waals surface area contributed by atoms with Crippen molar-refractivity contribution < 1.29 is 9.74 Å². The average Bonchev–Trinajstić information content (AvgIpc) is 2.64. The largest absolute Gasteiger partial charge is 0.397 e. The van der Waals surface area contributed by atoms with Crippen molar-refractivity contribution in [3.8, 4) is 0 Å². The second-order valence-corrected chi connectivity index (χ2v) is 4.80. The van der Waals surface area contributed by atoms with E-state index in [1.165, 1.54) is 0 Å². The van der Waals surface area contributed by atoms with E-state index in [1.807, 2.05) is 18.0 Å². The van der Waals surface area contributed by atoms with Crippen LogP contribution in [0.2, 0.25) is 0 Å². The van der Waals surface area contributed by atoms with E-state index in [4.69, 9.17) is 10.4 Å². The van der Waals surface area contributed by atoms with Gasteiger partial charge in [0.2, 0.25) is 0 Å². The van der Waals surface area contributed by atoms with E-state index in [9.17, 15) is 5.11 Å². The third kappa shape index (κ3) is 2.31. The molecule has 3 N–H and O–H groups in total. The van der Waals surface area contributed by atoms with Gasteiger partial charge in [-0.2, -0.15) is 0 Å². The fourth-order valence-electron chi connectivity index (χ4n) is 1.85. The Kier molecular flexibility index (Phi) is 2.66. The van der Waals surface area contributed by atoms with Gasteiger partial charge in [0.1, 0.15) is 0 Å². The molecule has 0 amide bonds. The van der Waals surface area contributed by atoms with Crippen LogP contribution >= 0.6 is 0 Å². The summed E-state index contributed by atoms with van der Waals surface area (Å²) in [7, 11) is 1.87. The topological polar surface area (TPSA) is 88.4 Å². The molecule has 1 heterocycles. The van der Waals surface area contributed by atoms with Crippen LogP contribution in [0.5, 0.6) is 0 Å². The summed E-state index contributed by atoms with van der Waals surface area (Å²) >= 11 is 0. The van der Waals surface area contributed by atoms with E-state index in [2.05, 4.69) is 10.3 Å². The van der Waals surface area contributed by atoms with Gasteiger partial charge in [-0.3, -0.25) is 0 Å². The summed E-state index contributed by atoms with van der Waals surface area (Å²) in [6.45, 7) is 3.97. The lowest BCUT2D eigenvalue weighted by molar-refractivity contribution is 0.0886. The van der Waals surface area contributed by atoms with Crippen LogP contribution in [0.25, 0.3) is 11.0 Å². The summed E-state index contributed by atoms with van der Waals surface area (Å²) in [6, 6.07) is 3.59. The third-order valence-electron chi connectivity index (χ3n) is 2.46. The molecule has 1 aromatic carbocycles. The van der Waals surface area contributed by atoms with Crippen LogP contribution in [0.4, 0.5) is 11.4 Å². The van der Waals surface area contributed by atoms with E-state index >= 15 is 0 Å². The maximum absolute atomic E-state index is 9.80. The summed E-state index contributed by atoms with van der Waals surface area (Å²) < 4.78 is 4.70. The van der Waals surface area contributed by atoms with E-state index in [-0.39, 0.29) is 0 Å². The van der Waals surface area contributed by atoms with Crippen LogP contribution in [0, 0.1) is 0 Å². The Morgan fingerprint density at radius 3 is 2.65 bits per heavy atom. The van der Waals surface area contributed by atoms with Crippen molar-refractivity contribution in [1.82, 2.24) is 10.3 Å². The summed E-state index contributed by atoms with van der Waals surface area (Å²) in [5.41, 5.74) is 7.49. The normalized spacial score (nSPS) is 12.0. The minimum atomic E-state index is -0.792. The van der Waals surface area contributed by atoms with Gasteiger partial charge in [0, 0.05) is 13.6 Å². The number of anilines is 2. The Labute approximate surface area is 99.0 Å². The van der Waals surface area contributed by atoms with Crippen LogP contribution in [-0.2, 0) is 0 Å². The first-order chi connectivity index (χ1) is 7.88. The van der Waals surface area contributed by atoms with Crippen LogP contribution in [-0.4, -0.2) is 34.6 Å². The van der Waals surface area contributed by atoms with Crippen molar-refractivity contribution in [3.05, 3.63) is 12.1 Å². The van der Waals surface area contributed by atoms with Crippen molar-refractivity contribution >= 4 is 22.4 Å². The number of aliphatic hydroxyl groups is 1. The summed E-state index contributed by atoms with van der Waals surface area (Å²) in [5.74, 6) is 0. The molecule has 0 aliphatic heterocycles.